The zero-order valence-electron chi connectivity index (χ0n) is 12.9. The molecule has 2 aromatic heterocycles. The van der Waals surface area contributed by atoms with Gasteiger partial charge in [-0.3, -0.25) is 4.72 Å². The number of rotatable bonds is 4. The van der Waals surface area contributed by atoms with E-state index in [0.29, 0.717) is 27.5 Å². The SMILES string of the molecule is Cc1sc(C)c(S(=O)(=O)Nc2cccc(C#N)c2)c1-c1ccno1. The molecule has 0 unspecified atom stereocenters. The predicted molar refractivity (Wildman–Crippen MR) is 91.3 cm³/mol. The first-order valence-corrected chi connectivity index (χ1v) is 9.26. The van der Waals surface area contributed by atoms with E-state index in [-0.39, 0.29) is 4.90 Å². The van der Waals surface area contributed by atoms with Crippen molar-refractivity contribution >= 4 is 27.0 Å². The second-order valence-electron chi connectivity index (χ2n) is 5.09. The average molecular weight is 359 g/mol. The largest absolute Gasteiger partial charge is 0.356 e. The minimum atomic E-state index is -3.84. The van der Waals surface area contributed by atoms with E-state index in [1.165, 1.54) is 23.6 Å². The monoisotopic (exact) mass is 359 g/mol. The van der Waals surface area contributed by atoms with Crippen molar-refractivity contribution in [1.29, 1.82) is 5.26 Å². The maximum atomic E-state index is 12.9. The van der Waals surface area contributed by atoms with E-state index in [1.54, 1.807) is 31.2 Å². The maximum absolute atomic E-state index is 12.9. The van der Waals surface area contributed by atoms with Crippen LogP contribution in [0.3, 0.4) is 0 Å². The van der Waals surface area contributed by atoms with Gasteiger partial charge in [-0.05, 0) is 32.0 Å². The summed E-state index contributed by atoms with van der Waals surface area (Å²) in [6, 6.07) is 9.93. The molecule has 8 heteroatoms. The number of nitriles is 1. The lowest BCUT2D eigenvalue weighted by atomic mass is 10.2. The van der Waals surface area contributed by atoms with Gasteiger partial charge in [0.1, 0.15) is 4.90 Å². The Kier molecular flexibility index (Phi) is 4.13. The van der Waals surface area contributed by atoms with E-state index in [9.17, 15) is 8.42 Å². The Morgan fingerprint density at radius 2 is 2.04 bits per heavy atom. The van der Waals surface area contributed by atoms with E-state index < -0.39 is 10.0 Å². The molecule has 0 fully saturated rings. The molecule has 0 atom stereocenters. The number of nitrogens with one attached hydrogen (secondary N) is 1. The molecule has 0 bridgehead atoms. The van der Waals surface area contributed by atoms with Gasteiger partial charge < -0.3 is 4.52 Å². The molecule has 3 rings (SSSR count). The van der Waals surface area contributed by atoms with Gasteiger partial charge in [-0.2, -0.15) is 5.26 Å². The van der Waals surface area contributed by atoms with Gasteiger partial charge in [0, 0.05) is 15.8 Å². The average Bonchev–Trinajstić information content (AvgIpc) is 3.14. The van der Waals surface area contributed by atoms with Crippen molar-refractivity contribution in [3.63, 3.8) is 0 Å². The van der Waals surface area contributed by atoms with Crippen LogP contribution in [0.25, 0.3) is 11.3 Å². The molecule has 0 saturated carbocycles. The lowest BCUT2D eigenvalue weighted by molar-refractivity contribution is 0.431. The van der Waals surface area contributed by atoms with Gasteiger partial charge in [-0.25, -0.2) is 8.42 Å². The summed E-state index contributed by atoms with van der Waals surface area (Å²) in [4.78, 5) is 1.65. The second-order valence-corrected chi connectivity index (χ2v) is 8.14. The summed E-state index contributed by atoms with van der Waals surface area (Å²) < 4.78 is 33.5. The number of anilines is 1. The van der Waals surface area contributed by atoms with Crippen LogP contribution >= 0.6 is 11.3 Å². The Morgan fingerprint density at radius 1 is 1.25 bits per heavy atom. The molecule has 24 heavy (non-hydrogen) atoms. The molecule has 1 N–H and O–H groups in total. The third-order valence-electron chi connectivity index (χ3n) is 3.40. The Labute approximate surface area is 143 Å². The number of sulfonamides is 1. The fraction of sp³-hybridized carbons (Fsp3) is 0.125. The third kappa shape index (κ3) is 2.91. The summed E-state index contributed by atoms with van der Waals surface area (Å²) in [7, 11) is -3.84. The Bertz CT molecular complexity index is 1030. The number of aromatic nitrogens is 1. The molecule has 6 nitrogen and oxygen atoms in total. The van der Waals surface area contributed by atoms with Crippen molar-refractivity contribution in [2.75, 3.05) is 4.72 Å². The lowest BCUT2D eigenvalue weighted by Gasteiger charge is -2.10. The van der Waals surface area contributed by atoms with Crippen LogP contribution < -0.4 is 4.72 Å². The van der Waals surface area contributed by atoms with E-state index in [1.807, 2.05) is 13.0 Å². The zero-order chi connectivity index (χ0) is 17.3. The first-order valence-electron chi connectivity index (χ1n) is 6.96. The highest BCUT2D eigenvalue weighted by Crippen LogP contribution is 2.39. The van der Waals surface area contributed by atoms with E-state index in [0.717, 1.165) is 4.88 Å². The van der Waals surface area contributed by atoms with Crippen LogP contribution in [0, 0.1) is 25.2 Å². The normalized spacial score (nSPS) is 11.2. The second kappa shape index (κ2) is 6.11. The molecular weight excluding hydrogens is 346 g/mol. The molecule has 0 saturated heterocycles. The van der Waals surface area contributed by atoms with Crippen molar-refractivity contribution in [3.05, 3.63) is 51.8 Å². The summed E-state index contributed by atoms with van der Waals surface area (Å²) in [6.45, 7) is 3.59. The molecule has 122 valence electrons. The van der Waals surface area contributed by atoms with Crippen molar-refractivity contribution in [2.45, 2.75) is 18.7 Å². The van der Waals surface area contributed by atoms with Crippen molar-refractivity contribution in [2.24, 2.45) is 0 Å². The van der Waals surface area contributed by atoms with Gasteiger partial charge in [0.2, 0.25) is 0 Å². The molecular formula is C16H13N3O3S2. The number of benzene rings is 1. The molecule has 0 aliphatic heterocycles. The summed E-state index contributed by atoms with van der Waals surface area (Å²) in [5.41, 5.74) is 1.23. The van der Waals surface area contributed by atoms with Crippen LogP contribution in [0.1, 0.15) is 15.3 Å². The molecule has 3 aromatic rings. The molecule has 0 radical (unpaired) electrons. The van der Waals surface area contributed by atoms with Crippen LogP contribution in [-0.4, -0.2) is 13.6 Å². The van der Waals surface area contributed by atoms with Crippen molar-refractivity contribution in [3.8, 4) is 17.4 Å². The summed E-state index contributed by atoms with van der Waals surface area (Å²) in [5, 5.41) is 12.6. The Hall–Kier alpha value is -2.63. The smallest absolute Gasteiger partial charge is 0.263 e. The predicted octanol–water partition coefficient (Wildman–Crippen LogP) is 3.69. The van der Waals surface area contributed by atoms with Gasteiger partial charge in [0.25, 0.3) is 10.0 Å². The number of thiophene rings is 1. The topological polar surface area (TPSA) is 96.0 Å². The molecule has 2 heterocycles. The third-order valence-corrected chi connectivity index (χ3v) is 6.10. The molecule has 0 aliphatic rings. The fourth-order valence-electron chi connectivity index (χ4n) is 2.48. The van der Waals surface area contributed by atoms with Crippen LogP contribution in [-0.2, 0) is 10.0 Å². The summed E-state index contributed by atoms with van der Waals surface area (Å²) in [6.07, 6.45) is 1.47. The number of nitrogens with zero attached hydrogens (tertiary/aromatic N) is 2. The van der Waals surface area contributed by atoms with Crippen molar-refractivity contribution < 1.29 is 12.9 Å². The van der Waals surface area contributed by atoms with E-state index in [4.69, 9.17) is 9.78 Å². The Morgan fingerprint density at radius 3 is 2.71 bits per heavy atom. The minimum Gasteiger partial charge on any atom is -0.356 e. The first kappa shape index (κ1) is 16.2. The van der Waals surface area contributed by atoms with Gasteiger partial charge in [-0.1, -0.05) is 11.2 Å². The van der Waals surface area contributed by atoms with Gasteiger partial charge in [0.15, 0.2) is 5.76 Å². The summed E-state index contributed by atoms with van der Waals surface area (Å²) in [5.74, 6) is 0.406. The maximum Gasteiger partial charge on any atom is 0.263 e. The lowest BCUT2D eigenvalue weighted by Crippen LogP contribution is -2.14. The molecule has 0 spiro atoms. The molecule has 0 amide bonds. The van der Waals surface area contributed by atoms with Crippen LogP contribution in [0.5, 0.6) is 0 Å². The fourth-order valence-corrected chi connectivity index (χ4v) is 5.39. The highest BCUT2D eigenvalue weighted by Gasteiger charge is 2.28. The number of hydrogen-bond donors (Lipinski definition) is 1. The van der Waals surface area contributed by atoms with Crippen LogP contribution in [0.4, 0.5) is 5.69 Å². The van der Waals surface area contributed by atoms with Crippen molar-refractivity contribution in [1.82, 2.24) is 5.16 Å². The zero-order valence-corrected chi connectivity index (χ0v) is 14.5. The van der Waals surface area contributed by atoms with Gasteiger partial charge in [0.05, 0.1) is 29.1 Å². The quantitative estimate of drug-likeness (QED) is 0.766. The van der Waals surface area contributed by atoms with Crippen LogP contribution in [0.2, 0.25) is 0 Å². The highest BCUT2D eigenvalue weighted by molar-refractivity contribution is 7.93. The highest BCUT2D eigenvalue weighted by atomic mass is 32.2. The number of aryl methyl sites for hydroxylation is 2. The molecule has 0 aliphatic carbocycles. The van der Waals surface area contributed by atoms with Gasteiger partial charge >= 0.3 is 0 Å². The number of hydrogen-bond acceptors (Lipinski definition) is 6. The van der Waals surface area contributed by atoms with E-state index in [2.05, 4.69) is 9.88 Å². The standard InChI is InChI=1S/C16H13N3O3S2/c1-10-15(14-6-7-18-22-14)16(11(2)23-10)24(20,21)19-13-5-3-4-12(8-13)9-17/h3-8,19H,1-2H3. The summed E-state index contributed by atoms with van der Waals surface area (Å²) >= 11 is 1.38. The minimum absolute atomic E-state index is 0.170. The Balaban J connectivity index is 2.09. The molecule has 1 aromatic carbocycles. The first-order chi connectivity index (χ1) is 11.4. The van der Waals surface area contributed by atoms with Crippen LogP contribution in [0.15, 0.2) is 45.9 Å². The van der Waals surface area contributed by atoms with Gasteiger partial charge in [-0.15, -0.1) is 11.3 Å². The van der Waals surface area contributed by atoms with E-state index >= 15 is 0 Å².